The molecule has 0 aliphatic carbocycles. The zero-order valence-corrected chi connectivity index (χ0v) is 21.3. The Morgan fingerprint density at radius 1 is 0.946 bits per heavy atom. The van der Waals surface area contributed by atoms with Gasteiger partial charge in [-0.3, -0.25) is 9.59 Å². The van der Waals surface area contributed by atoms with Crippen LogP contribution in [0.25, 0.3) is 22.2 Å². The molecule has 4 aromatic rings. The maximum atomic E-state index is 12.8. The van der Waals surface area contributed by atoms with Crippen LogP contribution in [-0.2, 0) is 17.8 Å². The molecule has 3 aromatic carbocycles. The highest BCUT2D eigenvalue weighted by Crippen LogP contribution is 2.32. The molecule has 2 heterocycles. The molecule has 1 saturated heterocycles. The Morgan fingerprint density at radius 2 is 1.73 bits per heavy atom. The topological polar surface area (TPSA) is 74.4 Å². The van der Waals surface area contributed by atoms with Crippen LogP contribution in [0.15, 0.2) is 72.8 Å². The van der Waals surface area contributed by atoms with Crippen molar-refractivity contribution in [3.05, 3.63) is 89.5 Å². The summed E-state index contributed by atoms with van der Waals surface area (Å²) in [6, 6.07) is 23.8. The lowest BCUT2D eigenvalue weighted by Crippen LogP contribution is -2.35. The van der Waals surface area contributed by atoms with Gasteiger partial charge in [-0.25, -0.2) is 0 Å². The van der Waals surface area contributed by atoms with Crippen molar-refractivity contribution in [3.8, 4) is 17.0 Å². The van der Waals surface area contributed by atoms with E-state index in [2.05, 4.69) is 22.4 Å². The molecule has 1 fully saturated rings. The molecule has 0 bridgehead atoms. The number of aromatic nitrogens is 1. The number of likely N-dealkylation sites (tertiary alicyclic amines) is 1. The Hall–Kier alpha value is -4.06. The molecule has 5 rings (SSSR count). The first-order valence-electron chi connectivity index (χ1n) is 13.0. The third-order valence-electron chi connectivity index (χ3n) is 7.10. The molecular formula is C31H33N3O3. The molecule has 6 nitrogen and oxygen atoms in total. The van der Waals surface area contributed by atoms with Crippen molar-refractivity contribution in [2.24, 2.45) is 0 Å². The molecule has 0 unspecified atom stereocenters. The standard InChI is InChI=1S/C31H33N3O3/c1-37-25-14-12-23(13-15-25)30-27(26-10-3-4-11-28(26)33-30)16-17-29(35)32-21-22-8-7-9-24(20-22)31(36)34-18-5-2-6-19-34/h3-4,7-15,20,33H,2,5-6,16-19,21H2,1H3,(H,32,35). The van der Waals surface area contributed by atoms with Gasteiger partial charge in [-0.05, 0) is 84.8 Å². The van der Waals surface area contributed by atoms with E-state index in [1.54, 1.807) is 7.11 Å². The molecule has 0 atom stereocenters. The van der Waals surface area contributed by atoms with Crippen molar-refractivity contribution in [3.63, 3.8) is 0 Å². The number of fused-ring (bicyclic) bond motifs is 1. The summed E-state index contributed by atoms with van der Waals surface area (Å²) in [7, 11) is 1.66. The summed E-state index contributed by atoms with van der Waals surface area (Å²) in [5, 5.41) is 4.17. The number of ether oxygens (including phenoxy) is 1. The largest absolute Gasteiger partial charge is 0.497 e. The average Bonchev–Trinajstić information content (AvgIpc) is 3.33. The van der Waals surface area contributed by atoms with Crippen LogP contribution in [0.5, 0.6) is 5.75 Å². The first-order chi connectivity index (χ1) is 18.1. The summed E-state index contributed by atoms with van der Waals surface area (Å²) in [6.07, 6.45) is 4.31. The fourth-order valence-corrected chi connectivity index (χ4v) is 5.09. The molecule has 1 aromatic heterocycles. The highest BCUT2D eigenvalue weighted by atomic mass is 16.5. The zero-order valence-electron chi connectivity index (χ0n) is 21.3. The van der Waals surface area contributed by atoms with Crippen molar-refractivity contribution >= 4 is 22.7 Å². The van der Waals surface area contributed by atoms with Crippen LogP contribution >= 0.6 is 0 Å². The Bertz CT molecular complexity index is 1380. The van der Waals surface area contributed by atoms with Crippen molar-refractivity contribution in [2.75, 3.05) is 20.2 Å². The van der Waals surface area contributed by atoms with Crippen LogP contribution in [0.2, 0.25) is 0 Å². The van der Waals surface area contributed by atoms with Gasteiger partial charge < -0.3 is 19.9 Å². The lowest BCUT2D eigenvalue weighted by molar-refractivity contribution is -0.121. The quantitative estimate of drug-likeness (QED) is 0.328. The number of piperidine rings is 1. The van der Waals surface area contributed by atoms with Crippen molar-refractivity contribution in [1.29, 1.82) is 0 Å². The number of H-pyrrole nitrogens is 1. The SMILES string of the molecule is COc1ccc(-c2[nH]c3ccccc3c2CCC(=O)NCc2cccc(C(=O)N3CCCCC3)c2)cc1. The number of carbonyl (C=O) groups is 2. The first-order valence-corrected chi connectivity index (χ1v) is 13.0. The second-order valence-electron chi connectivity index (χ2n) is 9.58. The van der Waals surface area contributed by atoms with E-state index < -0.39 is 0 Å². The monoisotopic (exact) mass is 495 g/mol. The van der Waals surface area contributed by atoms with Gasteiger partial charge in [-0.1, -0.05) is 30.3 Å². The Labute approximate surface area is 217 Å². The fraction of sp³-hybridized carbons (Fsp3) is 0.290. The third kappa shape index (κ3) is 5.69. The normalized spacial score (nSPS) is 13.5. The van der Waals surface area contributed by atoms with Crippen molar-refractivity contribution in [1.82, 2.24) is 15.2 Å². The number of aryl methyl sites for hydroxylation is 1. The van der Waals surface area contributed by atoms with Gasteiger partial charge in [0.15, 0.2) is 0 Å². The van der Waals surface area contributed by atoms with Gasteiger partial charge in [-0.2, -0.15) is 0 Å². The lowest BCUT2D eigenvalue weighted by Gasteiger charge is -2.26. The third-order valence-corrected chi connectivity index (χ3v) is 7.10. The Balaban J connectivity index is 1.24. The number of methoxy groups -OCH3 is 1. The summed E-state index contributed by atoms with van der Waals surface area (Å²) < 4.78 is 5.30. The maximum absolute atomic E-state index is 12.8. The Morgan fingerprint density at radius 3 is 2.51 bits per heavy atom. The summed E-state index contributed by atoms with van der Waals surface area (Å²) in [5.41, 5.74) is 5.89. The number of amides is 2. The number of aromatic amines is 1. The van der Waals surface area contributed by atoms with Crippen LogP contribution in [0, 0.1) is 0 Å². The number of hydrogen-bond acceptors (Lipinski definition) is 3. The van der Waals surface area contributed by atoms with Crippen molar-refractivity contribution < 1.29 is 14.3 Å². The molecule has 37 heavy (non-hydrogen) atoms. The highest BCUT2D eigenvalue weighted by Gasteiger charge is 2.18. The number of nitrogens with one attached hydrogen (secondary N) is 2. The first kappa shape index (κ1) is 24.6. The molecule has 190 valence electrons. The lowest BCUT2D eigenvalue weighted by atomic mass is 10.0. The van der Waals surface area contributed by atoms with Crippen LogP contribution in [-0.4, -0.2) is 41.9 Å². The second kappa shape index (κ2) is 11.3. The smallest absolute Gasteiger partial charge is 0.253 e. The molecule has 1 aliphatic heterocycles. The summed E-state index contributed by atoms with van der Waals surface area (Å²) in [5.74, 6) is 0.875. The molecule has 6 heteroatoms. The van der Waals surface area contributed by atoms with E-state index in [9.17, 15) is 9.59 Å². The van der Waals surface area contributed by atoms with E-state index in [1.807, 2.05) is 65.6 Å². The van der Waals surface area contributed by atoms with Gasteiger partial charge in [0.05, 0.1) is 7.11 Å². The summed E-state index contributed by atoms with van der Waals surface area (Å²) in [4.78, 5) is 31.1. The number of para-hydroxylation sites is 1. The minimum atomic E-state index is -0.0151. The van der Waals surface area contributed by atoms with Gasteiger partial charge in [0, 0.05) is 48.2 Å². The van der Waals surface area contributed by atoms with Crippen LogP contribution in [0.1, 0.15) is 47.2 Å². The predicted molar refractivity (Wildman–Crippen MR) is 147 cm³/mol. The van der Waals surface area contributed by atoms with Crippen LogP contribution < -0.4 is 10.1 Å². The highest BCUT2D eigenvalue weighted by molar-refractivity contribution is 5.94. The van der Waals surface area contributed by atoms with Gasteiger partial charge in [0.1, 0.15) is 5.75 Å². The molecule has 0 radical (unpaired) electrons. The van der Waals surface area contributed by atoms with Crippen LogP contribution in [0.4, 0.5) is 0 Å². The minimum absolute atomic E-state index is 0.0151. The van der Waals surface area contributed by atoms with Gasteiger partial charge in [-0.15, -0.1) is 0 Å². The van der Waals surface area contributed by atoms with E-state index in [0.717, 1.165) is 65.0 Å². The van der Waals surface area contributed by atoms with E-state index in [-0.39, 0.29) is 11.8 Å². The summed E-state index contributed by atoms with van der Waals surface area (Å²) in [6.45, 7) is 2.05. The van der Waals surface area contributed by atoms with Crippen LogP contribution in [0.3, 0.4) is 0 Å². The fourth-order valence-electron chi connectivity index (χ4n) is 5.09. The number of nitrogens with zero attached hydrogens (tertiary/aromatic N) is 1. The van der Waals surface area contributed by atoms with E-state index in [4.69, 9.17) is 4.74 Å². The molecule has 1 aliphatic rings. The number of hydrogen-bond donors (Lipinski definition) is 2. The van der Waals surface area contributed by atoms with E-state index in [0.29, 0.717) is 24.9 Å². The van der Waals surface area contributed by atoms with Crippen molar-refractivity contribution in [2.45, 2.75) is 38.6 Å². The molecular weight excluding hydrogens is 462 g/mol. The number of benzene rings is 3. The Kier molecular flexibility index (Phi) is 7.54. The molecule has 0 spiro atoms. The van der Waals surface area contributed by atoms with E-state index >= 15 is 0 Å². The number of carbonyl (C=O) groups excluding carboxylic acids is 2. The minimum Gasteiger partial charge on any atom is -0.497 e. The number of rotatable bonds is 8. The molecule has 2 N–H and O–H groups in total. The van der Waals surface area contributed by atoms with Gasteiger partial charge in [0.25, 0.3) is 5.91 Å². The molecule has 0 saturated carbocycles. The second-order valence-corrected chi connectivity index (χ2v) is 9.58. The van der Waals surface area contributed by atoms with Gasteiger partial charge >= 0.3 is 0 Å². The molecule has 2 amide bonds. The predicted octanol–water partition coefficient (Wildman–Crippen LogP) is 5.72. The average molecular weight is 496 g/mol. The summed E-state index contributed by atoms with van der Waals surface area (Å²) >= 11 is 0. The maximum Gasteiger partial charge on any atom is 0.253 e. The van der Waals surface area contributed by atoms with E-state index in [1.165, 1.54) is 6.42 Å². The zero-order chi connectivity index (χ0) is 25.6. The van der Waals surface area contributed by atoms with Gasteiger partial charge in [0.2, 0.25) is 5.91 Å².